The van der Waals surface area contributed by atoms with Gasteiger partial charge in [-0.3, -0.25) is 6.58 Å². The Morgan fingerprint density at radius 1 is 1.22 bits per heavy atom. The van der Waals surface area contributed by atoms with Crippen molar-refractivity contribution >= 4 is 0 Å². The molecule has 0 aromatic carbocycles. The smallest absolute Gasteiger partial charge is 0.521 e. The molecule has 0 aliphatic rings. The van der Waals surface area contributed by atoms with Crippen molar-refractivity contribution in [2.45, 2.75) is 20.8 Å². The van der Waals surface area contributed by atoms with E-state index in [2.05, 4.69) is 33.9 Å². The molecule has 0 aromatic heterocycles. The van der Waals surface area contributed by atoms with Crippen molar-refractivity contribution in [3.63, 3.8) is 0 Å². The molecule has 0 heterocycles. The largest absolute Gasteiger partial charge is 3.00 e. The summed E-state index contributed by atoms with van der Waals surface area (Å²) >= 11 is 0. The van der Waals surface area contributed by atoms with Crippen LogP contribution >= 0.6 is 0 Å². The summed E-state index contributed by atoms with van der Waals surface area (Å²) in [4.78, 5) is 0. The fourth-order valence-corrected chi connectivity index (χ4v) is 0. The Kier molecular flexibility index (Phi) is 112. The van der Waals surface area contributed by atoms with Gasteiger partial charge in [-0.15, -0.1) is 0 Å². The van der Waals surface area contributed by atoms with Crippen LogP contribution < -0.4 is 0 Å². The topological polar surface area (TPSA) is 23.8 Å². The summed E-state index contributed by atoms with van der Waals surface area (Å²) in [7, 11) is 0. The first kappa shape index (κ1) is 23.1. The van der Waals surface area contributed by atoms with E-state index < -0.39 is 0 Å². The van der Waals surface area contributed by atoms with E-state index >= 15 is 0 Å². The molecule has 9 heavy (non-hydrogen) atoms. The second kappa shape index (κ2) is 43.9. The van der Waals surface area contributed by atoms with Crippen LogP contribution in [0.25, 0.3) is 0 Å². The molecular weight excluding hydrogens is 295 g/mol. The number of nitrogens with zero attached hydrogens (tertiary/aromatic N) is 1. The fourth-order valence-electron chi connectivity index (χ4n) is 0. The van der Waals surface area contributed by atoms with Gasteiger partial charge in [0.1, 0.15) is 0 Å². The Morgan fingerprint density at radius 2 is 1.22 bits per heavy atom. The monoisotopic (exact) mass is 307 g/mol. The Morgan fingerprint density at radius 3 is 1.22 bits per heavy atom. The molecule has 0 aromatic rings. The summed E-state index contributed by atoms with van der Waals surface area (Å²) in [6.45, 7) is 18.0. The molecule has 0 bridgehead atoms. The van der Waals surface area contributed by atoms with E-state index in [1.165, 1.54) is 5.92 Å². The van der Waals surface area contributed by atoms with Crippen molar-refractivity contribution in [2.75, 3.05) is 0 Å². The van der Waals surface area contributed by atoms with Crippen LogP contribution in [-0.2, 0) is 22.4 Å². The number of rotatable bonds is 0. The minimum Gasteiger partial charge on any atom is -0.521 e. The second-order valence-corrected chi connectivity index (χ2v) is 1.50. The van der Waals surface area contributed by atoms with E-state index in [0.717, 1.165) is 0 Å². The quantitative estimate of drug-likeness (QED) is 0.498. The van der Waals surface area contributed by atoms with Crippen LogP contribution in [0, 0.1) is 24.3 Å². The fraction of sp³-hybridized carbons (Fsp3) is 0.429. The molecule has 0 atom stereocenters. The average Bonchev–Trinajstić information content (AvgIpc) is 1.75. The third kappa shape index (κ3) is 321000. The zero-order valence-electron chi connectivity index (χ0n) is 6.03. The maximum absolute atomic E-state index is 6.25. The molecule has 0 radical (unpaired) electrons. The standard InChI is InChI=1S/C4H9.C2H3.CN.Au/c1-4(2)3;2*1-2;/h1-3H3;1H,2H2;;/q3*-1;+3. The van der Waals surface area contributed by atoms with Crippen LogP contribution in [0.1, 0.15) is 20.8 Å². The van der Waals surface area contributed by atoms with Gasteiger partial charge in [0.05, 0.1) is 0 Å². The Bertz CT molecular complexity index is 38.7. The second-order valence-electron chi connectivity index (χ2n) is 1.50. The summed E-state index contributed by atoms with van der Waals surface area (Å²) < 4.78 is 0. The number of hydrogen-bond acceptors (Lipinski definition) is 1. The number of hydrogen-bond donors (Lipinski definition) is 0. The van der Waals surface area contributed by atoms with Gasteiger partial charge in [-0.05, 0) is 0 Å². The molecule has 1 nitrogen and oxygen atoms in total. The van der Waals surface area contributed by atoms with Crippen molar-refractivity contribution in [3.05, 3.63) is 25.6 Å². The van der Waals surface area contributed by atoms with Gasteiger partial charge in [0.15, 0.2) is 0 Å². The molecule has 0 amide bonds. The van der Waals surface area contributed by atoms with E-state index in [1.807, 2.05) is 0 Å². The van der Waals surface area contributed by atoms with Gasteiger partial charge >= 0.3 is 22.4 Å². The maximum atomic E-state index is 6.25. The van der Waals surface area contributed by atoms with Crippen LogP contribution in [0.15, 0.2) is 6.58 Å². The minimum absolute atomic E-state index is 0. The molecule has 0 fully saturated rings. The molecule has 0 spiro atoms. The van der Waals surface area contributed by atoms with Crippen molar-refractivity contribution < 1.29 is 22.4 Å². The van der Waals surface area contributed by atoms with Crippen LogP contribution in [0.3, 0.4) is 0 Å². The molecule has 0 saturated carbocycles. The van der Waals surface area contributed by atoms with E-state index in [4.69, 9.17) is 11.8 Å². The zero-order chi connectivity index (χ0) is 7.58. The van der Waals surface area contributed by atoms with Crippen LogP contribution in [-0.4, -0.2) is 0 Å². The molecule has 56 valence electrons. The summed E-state index contributed by atoms with van der Waals surface area (Å²) in [6, 6.07) is 0. The predicted molar refractivity (Wildman–Crippen MR) is 35.2 cm³/mol. The van der Waals surface area contributed by atoms with Crippen molar-refractivity contribution in [3.8, 4) is 0 Å². The van der Waals surface area contributed by atoms with E-state index in [9.17, 15) is 0 Å². The van der Waals surface area contributed by atoms with Crippen molar-refractivity contribution in [1.29, 1.82) is 5.26 Å². The van der Waals surface area contributed by atoms with Gasteiger partial charge in [0, 0.05) is 0 Å². The Hall–Kier alpha value is -0.0297. The zero-order valence-corrected chi connectivity index (χ0v) is 8.20. The summed E-state index contributed by atoms with van der Waals surface area (Å²) in [5.41, 5.74) is 0. The molecule has 2 heteroatoms. The summed E-state index contributed by atoms with van der Waals surface area (Å²) in [5, 5.41) is 6.25. The third-order valence-corrected chi connectivity index (χ3v) is 0. The molecular formula is C7H12AuN. The van der Waals surface area contributed by atoms with Crippen LogP contribution in [0.2, 0.25) is 0 Å². The normalized spacial score (nSPS) is 4.67. The van der Waals surface area contributed by atoms with Crippen LogP contribution in [0.5, 0.6) is 0 Å². The Balaban J connectivity index is -0.0000000221. The summed E-state index contributed by atoms with van der Waals surface area (Å²) in [5.74, 6) is 1.42. The van der Waals surface area contributed by atoms with Crippen LogP contribution in [0.4, 0.5) is 0 Å². The van der Waals surface area contributed by atoms with E-state index in [-0.39, 0.29) is 22.4 Å². The van der Waals surface area contributed by atoms with E-state index in [0.29, 0.717) is 0 Å². The predicted octanol–water partition coefficient (Wildman–Crippen LogP) is 2.32. The van der Waals surface area contributed by atoms with E-state index in [1.54, 1.807) is 0 Å². The first-order valence-electron chi connectivity index (χ1n) is 2.13. The first-order valence-corrected chi connectivity index (χ1v) is 2.13. The SMILES string of the molecule is C[C-](C)C.[Au+3].[C-]#N.[CH-]=C. The molecule has 0 N–H and O–H groups in total. The van der Waals surface area contributed by atoms with Gasteiger partial charge in [-0.1, -0.05) is 0 Å². The van der Waals surface area contributed by atoms with Gasteiger partial charge in [-0.25, -0.2) is 0 Å². The maximum Gasteiger partial charge on any atom is 3.00 e. The minimum atomic E-state index is 0. The van der Waals surface area contributed by atoms with Gasteiger partial charge in [0.2, 0.25) is 0 Å². The Labute approximate surface area is 74.3 Å². The molecule has 0 unspecified atom stereocenters. The van der Waals surface area contributed by atoms with Gasteiger partial charge in [0.25, 0.3) is 0 Å². The first-order chi connectivity index (χ1) is 3.73. The molecule has 0 rings (SSSR count). The molecule has 0 aliphatic heterocycles. The molecule has 0 saturated heterocycles. The van der Waals surface area contributed by atoms with Gasteiger partial charge in [-0.2, -0.15) is 20.8 Å². The van der Waals surface area contributed by atoms with Gasteiger partial charge < -0.3 is 24.3 Å². The average molecular weight is 307 g/mol. The van der Waals surface area contributed by atoms with Crippen molar-refractivity contribution in [1.82, 2.24) is 0 Å². The summed E-state index contributed by atoms with van der Waals surface area (Å²) in [6.07, 6.45) is 0. The molecule has 0 aliphatic carbocycles. The van der Waals surface area contributed by atoms with Crippen molar-refractivity contribution in [2.24, 2.45) is 0 Å². The third-order valence-electron chi connectivity index (χ3n) is 0.